The van der Waals surface area contributed by atoms with Gasteiger partial charge in [-0.3, -0.25) is 0 Å². The molecule has 3 nitrogen and oxygen atoms in total. The zero-order chi connectivity index (χ0) is 6.91. The molecule has 4 N–H and O–H groups in total. The van der Waals surface area contributed by atoms with Crippen molar-refractivity contribution >= 4 is 0 Å². The Hall–Kier alpha value is -0.800. The van der Waals surface area contributed by atoms with Crippen LogP contribution in [-0.2, 0) is 0 Å². The third kappa shape index (κ3) is 1.55. The smallest absolute Gasteiger partial charge is 0.186 e. The molecule has 0 spiro atoms. The van der Waals surface area contributed by atoms with E-state index in [9.17, 15) is 0 Å². The highest BCUT2D eigenvalue weighted by Gasteiger charge is 2.19. The molecule has 0 saturated carbocycles. The molecule has 0 aliphatic heterocycles. The van der Waals surface area contributed by atoms with Gasteiger partial charge in [-0.15, -0.1) is 0 Å². The fraction of sp³-hybridized carbons (Fsp3) is 0.333. The second-order valence-corrected chi connectivity index (χ2v) is 2.12. The van der Waals surface area contributed by atoms with Gasteiger partial charge >= 0.3 is 0 Å². The van der Waals surface area contributed by atoms with E-state index in [-0.39, 0.29) is 6.42 Å². The van der Waals surface area contributed by atoms with Crippen molar-refractivity contribution in [2.24, 2.45) is 5.73 Å². The van der Waals surface area contributed by atoms with Crippen LogP contribution in [0.15, 0.2) is 23.9 Å². The van der Waals surface area contributed by atoms with Gasteiger partial charge in [-0.25, -0.2) is 0 Å². The van der Waals surface area contributed by atoms with E-state index < -0.39 is 5.79 Å². The number of nitrogens with two attached hydrogens (primary N) is 1. The summed E-state index contributed by atoms with van der Waals surface area (Å²) in [6.07, 6.45) is 4.49. The van der Waals surface area contributed by atoms with Gasteiger partial charge in [-0.1, -0.05) is 6.08 Å². The summed E-state index contributed by atoms with van der Waals surface area (Å²) >= 11 is 0. The maximum atomic E-state index is 8.86. The van der Waals surface area contributed by atoms with Gasteiger partial charge in [-0.05, 0) is 12.2 Å². The Labute approximate surface area is 53.1 Å². The van der Waals surface area contributed by atoms with Crippen molar-refractivity contribution in [1.82, 2.24) is 0 Å². The fourth-order valence-corrected chi connectivity index (χ4v) is 0.634. The van der Waals surface area contributed by atoms with Gasteiger partial charge in [-0.2, -0.15) is 0 Å². The summed E-state index contributed by atoms with van der Waals surface area (Å²) in [7, 11) is 0. The summed E-state index contributed by atoms with van der Waals surface area (Å²) in [4.78, 5) is 0. The van der Waals surface area contributed by atoms with Crippen LogP contribution < -0.4 is 5.73 Å². The van der Waals surface area contributed by atoms with E-state index in [1.165, 1.54) is 12.2 Å². The van der Waals surface area contributed by atoms with Gasteiger partial charge < -0.3 is 15.9 Å². The van der Waals surface area contributed by atoms with E-state index in [0.717, 1.165) is 0 Å². The maximum Gasteiger partial charge on any atom is 0.186 e. The molecule has 0 radical (unpaired) electrons. The normalized spacial score (nSPS) is 23.6. The topological polar surface area (TPSA) is 66.5 Å². The zero-order valence-electron chi connectivity index (χ0n) is 4.91. The minimum Gasteiger partial charge on any atom is -0.399 e. The molecule has 1 aliphatic carbocycles. The lowest BCUT2D eigenvalue weighted by Gasteiger charge is -2.18. The lowest BCUT2D eigenvalue weighted by Crippen LogP contribution is -2.26. The molecule has 3 heteroatoms. The van der Waals surface area contributed by atoms with Crippen molar-refractivity contribution in [3.8, 4) is 0 Å². The van der Waals surface area contributed by atoms with Gasteiger partial charge in [0.1, 0.15) is 0 Å². The van der Waals surface area contributed by atoms with Crippen LogP contribution in [0.2, 0.25) is 0 Å². The van der Waals surface area contributed by atoms with Crippen molar-refractivity contribution in [3.63, 3.8) is 0 Å². The monoisotopic (exact) mass is 127 g/mol. The summed E-state index contributed by atoms with van der Waals surface area (Å²) in [6.45, 7) is 0. The molecule has 9 heavy (non-hydrogen) atoms. The molecule has 0 saturated heterocycles. The van der Waals surface area contributed by atoms with Gasteiger partial charge in [0.2, 0.25) is 0 Å². The van der Waals surface area contributed by atoms with E-state index >= 15 is 0 Å². The molecule has 0 atom stereocenters. The minimum absolute atomic E-state index is 0.176. The van der Waals surface area contributed by atoms with Crippen LogP contribution in [0.5, 0.6) is 0 Å². The maximum absolute atomic E-state index is 8.86. The molecule has 0 unspecified atom stereocenters. The second-order valence-electron chi connectivity index (χ2n) is 2.12. The quantitative estimate of drug-likeness (QED) is 0.383. The van der Waals surface area contributed by atoms with Crippen LogP contribution in [0.1, 0.15) is 6.42 Å². The third-order valence-electron chi connectivity index (χ3n) is 1.18. The Bertz CT molecular complexity index is 170. The van der Waals surface area contributed by atoms with Crippen LogP contribution >= 0.6 is 0 Å². The van der Waals surface area contributed by atoms with Crippen LogP contribution in [-0.4, -0.2) is 16.0 Å². The van der Waals surface area contributed by atoms with Crippen molar-refractivity contribution in [1.29, 1.82) is 0 Å². The first-order valence-electron chi connectivity index (χ1n) is 2.70. The average molecular weight is 127 g/mol. The SMILES string of the molecule is NC1=CCC(O)(O)C=C1. The molecule has 0 fully saturated rings. The second kappa shape index (κ2) is 1.86. The fourth-order valence-electron chi connectivity index (χ4n) is 0.634. The third-order valence-corrected chi connectivity index (χ3v) is 1.18. The van der Waals surface area contributed by atoms with Gasteiger partial charge in [0.15, 0.2) is 5.79 Å². The molecule has 0 heterocycles. The lowest BCUT2D eigenvalue weighted by atomic mass is 10.1. The first-order chi connectivity index (χ1) is 4.10. The number of rotatable bonds is 0. The molecule has 50 valence electrons. The summed E-state index contributed by atoms with van der Waals surface area (Å²) in [5, 5.41) is 17.7. The number of aliphatic hydroxyl groups is 2. The molecule has 0 bridgehead atoms. The summed E-state index contributed by atoms with van der Waals surface area (Å²) in [6, 6.07) is 0. The number of allylic oxidation sites excluding steroid dienone is 1. The van der Waals surface area contributed by atoms with E-state index in [1.807, 2.05) is 0 Å². The molecule has 0 aromatic heterocycles. The summed E-state index contributed by atoms with van der Waals surface area (Å²) < 4.78 is 0. The van der Waals surface area contributed by atoms with Gasteiger partial charge in [0.05, 0.1) is 0 Å². The predicted molar refractivity (Wildman–Crippen MR) is 33.2 cm³/mol. The highest BCUT2D eigenvalue weighted by Crippen LogP contribution is 2.14. The highest BCUT2D eigenvalue weighted by molar-refractivity contribution is 5.22. The van der Waals surface area contributed by atoms with Crippen molar-refractivity contribution in [2.75, 3.05) is 0 Å². The van der Waals surface area contributed by atoms with Crippen LogP contribution in [0.25, 0.3) is 0 Å². The van der Waals surface area contributed by atoms with Crippen LogP contribution in [0.3, 0.4) is 0 Å². The van der Waals surface area contributed by atoms with Crippen molar-refractivity contribution in [2.45, 2.75) is 12.2 Å². The van der Waals surface area contributed by atoms with Crippen LogP contribution in [0.4, 0.5) is 0 Å². The molecule has 1 aliphatic rings. The Kier molecular flexibility index (Phi) is 1.31. The average Bonchev–Trinajstić information content (AvgIpc) is 1.78. The summed E-state index contributed by atoms with van der Waals surface area (Å²) in [5.74, 6) is -1.68. The predicted octanol–water partition coefficient (Wildman–Crippen LogP) is -0.530. The lowest BCUT2D eigenvalue weighted by molar-refractivity contribution is -0.115. The number of hydrogen-bond donors (Lipinski definition) is 3. The van der Waals surface area contributed by atoms with Crippen molar-refractivity contribution in [3.05, 3.63) is 23.9 Å². The van der Waals surface area contributed by atoms with E-state index in [2.05, 4.69) is 0 Å². The first kappa shape index (κ1) is 6.32. The minimum atomic E-state index is -1.68. The highest BCUT2D eigenvalue weighted by atomic mass is 16.5. The first-order valence-corrected chi connectivity index (χ1v) is 2.70. The van der Waals surface area contributed by atoms with E-state index in [1.54, 1.807) is 6.08 Å². The molecule has 0 aromatic rings. The standard InChI is InChI=1S/C6H9NO2/c7-5-1-3-6(8,9)4-2-5/h1-3,8-9H,4,7H2. The molecule has 0 aromatic carbocycles. The Balaban J connectivity index is 2.70. The molecular formula is C6H9NO2. The Morgan fingerprint density at radius 3 is 2.56 bits per heavy atom. The Morgan fingerprint density at radius 1 is 1.56 bits per heavy atom. The van der Waals surface area contributed by atoms with Gasteiger partial charge in [0.25, 0.3) is 0 Å². The van der Waals surface area contributed by atoms with Crippen molar-refractivity contribution < 1.29 is 10.2 Å². The molecular weight excluding hydrogens is 118 g/mol. The summed E-state index contributed by atoms with van der Waals surface area (Å²) in [5.41, 5.74) is 5.89. The van der Waals surface area contributed by atoms with Gasteiger partial charge in [0, 0.05) is 12.1 Å². The Morgan fingerprint density at radius 2 is 2.22 bits per heavy atom. The van der Waals surface area contributed by atoms with E-state index in [4.69, 9.17) is 15.9 Å². The zero-order valence-corrected chi connectivity index (χ0v) is 4.91. The van der Waals surface area contributed by atoms with Crippen LogP contribution in [0, 0.1) is 0 Å². The largest absolute Gasteiger partial charge is 0.399 e. The number of hydrogen-bond acceptors (Lipinski definition) is 3. The molecule has 1 rings (SSSR count). The molecule has 0 amide bonds. The van der Waals surface area contributed by atoms with E-state index in [0.29, 0.717) is 5.70 Å².